The summed E-state index contributed by atoms with van der Waals surface area (Å²) in [4.78, 5) is 23.2. The Hall–Kier alpha value is -2.04. The van der Waals surface area contributed by atoms with Crippen molar-refractivity contribution in [3.05, 3.63) is 35.2 Å². The van der Waals surface area contributed by atoms with Crippen LogP contribution in [0.25, 0.3) is 12.2 Å². The van der Waals surface area contributed by atoms with E-state index in [-0.39, 0.29) is 6.54 Å². The summed E-state index contributed by atoms with van der Waals surface area (Å²) in [5.41, 5.74) is -0.180. The number of carbonyl (C=O) groups is 1. The van der Waals surface area contributed by atoms with Crippen molar-refractivity contribution in [3.8, 4) is 0 Å². The van der Waals surface area contributed by atoms with Crippen LogP contribution >= 0.6 is 0 Å². The van der Waals surface area contributed by atoms with Crippen molar-refractivity contribution in [2.24, 2.45) is 0 Å². The molecule has 0 N–H and O–H groups in total. The van der Waals surface area contributed by atoms with Crippen LogP contribution in [0.4, 0.5) is 0 Å². The minimum atomic E-state index is -0.634. The fraction of sp³-hybridized carbons (Fsp3) is 0.467. The molecule has 112 valence electrons. The smallest absolute Gasteiger partial charge is 0.420 e. The molecule has 1 aromatic rings. The van der Waals surface area contributed by atoms with Crippen molar-refractivity contribution in [1.82, 2.24) is 4.57 Å². The summed E-state index contributed by atoms with van der Waals surface area (Å²) < 4.78 is 11.2. The van der Waals surface area contributed by atoms with Gasteiger partial charge in [0.2, 0.25) is 0 Å². The SMILES string of the molecule is C=Cc1oc(=O)n(CC(=O)OC(C)(C)C)c1C=C.CC. The van der Waals surface area contributed by atoms with Crippen LogP contribution < -0.4 is 5.76 Å². The summed E-state index contributed by atoms with van der Waals surface area (Å²) in [6.07, 6.45) is 2.83. The molecule has 0 unspecified atom stereocenters. The second-order valence-electron chi connectivity index (χ2n) is 4.70. The van der Waals surface area contributed by atoms with E-state index in [9.17, 15) is 9.59 Å². The standard InChI is InChI=1S/C13H17NO4.C2H6/c1-6-9-10(7-2)17-12(16)14(9)8-11(15)18-13(3,4)5;1-2/h6-7H,1-2,8H2,3-5H3;1-2H3. The van der Waals surface area contributed by atoms with Crippen molar-refractivity contribution < 1.29 is 13.9 Å². The molecule has 0 aromatic carbocycles. The highest BCUT2D eigenvalue weighted by Gasteiger charge is 2.20. The van der Waals surface area contributed by atoms with Crippen LogP contribution in [-0.2, 0) is 16.1 Å². The maximum Gasteiger partial charge on any atom is 0.420 e. The normalized spacial score (nSPS) is 10.2. The lowest BCUT2D eigenvalue weighted by molar-refractivity contribution is -0.155. The van der Waals surface area contributed by atoms with Crippen molar-refractivity contribution in [3.63, 3.8) is 0 Å². The molecule has 0 amide bonds. The Balaban J connectivity index is 0.00000172. The predicted octanol–water partition coefficient (Wildman–Crippen LogP) is 3.10. The first-order valence-electron chi connectivity index (χ1n) is 6.49. The van der Waals surface area contributed by atoms with E-state index in [2.05, 4.69) is 13.2 Å². The van der Waals surface area contributed by atoms with E-state index in [1.54, 1.807) is 20.8 Å². The summed E-state index contributed by atoms with van der Waals surface area (Å²) >= 11 is 0. The lowest BCUT2D eigenvalue weighted by Crippen LogP contribution is -2.29. The predicted molar refractivity (Wildman–Crippen MR) is 80.3 cm³/mol. The number of hydrogen-bond donors (Lipinski definition) is 0. The summed E-state index contributed by atoms with van der Waals surface area (Å²) in [7, 11) is 0. The number of esters is 1. The highest BCUT2D eigenvalue weighted by atomic mass is 16.6. The Morgan fingerprint density at radius 3 is 2.25 bits per heavy atom. The van der Waals surface area contributed by atoms with E-state index in [0.29, 0.717) is 11.5 Å². The number of oxazole rings is 1. The van der Waals surface area contributed by atoms with Crippen molar-refractivity contribution >= 4 is 18.1 Å². The molecule has 5 nitrogen and oxygen atoms in total. The van der Waals surface area contributed by atoms with Gasteiger partial charge in [0.05, 0.1) is 5.69 Å². The molecule has 0 spiro atoms. The number of hydrogen-bond acceptors (Lipinski definition) is 4. The fourth-order valence-corrected chi connectivity index (χ4v) is 1.44. The number of aromatic nitrogens is 1. The molecular weight excluding hydrogens is 258 g/mol. The zero-order valence-electron chi connectivity index (χ0n) is 12.9. The third-order valence-corrected chi connectivity index (χ3v) is 2.05. The van der Waals surface area contributed by atoms with Gasteiger partial charge in [-0.2, -0.15) is 0 Å². The molecule has 0 saturated heterocycles. The summed E-state index contributed by atoms with van der Waals surface area (Å²) in [5, 5.41) is 0. The summed E-state index contributed by atoms with van der Waals surface area (Å²) in [6, 6.07) is 0. The molecule has 0 aliphatic heterocycles. The third kappa shape index (κ3) is 4.91. The Morgan fingerprint density at radius 1 is 1.30 bits per heavy atom. The molecule has 0 aliphatic rings. The first-order chi connectivity index (χ1) is 9.28. The monoisotopic (exact) mass is 281 g/mol. The molecule has 0 aliphatic carbocycles. The number of rotatable bonds is 4. The summed E-state index contributed by atoms with van der Waals surface area (Å²) in [5.74, 6) is -0.853. The van der Waals surface area contributed by atoms with Crippen LogP contribution in [0.2, 0.25) is 0 Å². The molecule has 0 radical (unpaired) electrons. The first kappa shape index (κ1) is 18.0. The van der Waals surface area contributed by atoms with E-state index >= 15 is 0 Å². The molecule has 1 heterocycles. The van der Waals surface area contributed by atoms with Gasteiger partial charge in [0.1, 0.15) is 12.1 Å². The maximum atomic E-state index is 11.7. The average Bonchev–Trinajstić information content (AvgIpc) is 2.65. The molecule has 1 rings (SSSR count). The van der Waals surface area contributed by atoms with Crippen molar-refractivity contribution in [2.75, 3.05) is 0 Å². The van der Waals surface area contributed by atoms with E-state index in [1.165, 1.54) is 12.2 Å². The Labute approximate surface area is 119 Å². The second-order valence-corrected chi connectivity index (χ2v) is 4.70. The molecule has 0 atom stereocenters. The molecule has 20 heavy (non-hydrogen) atoms. The van der Waals surface area contributed by atoms with Gasteiger partial charge in [-0.05, 0) is 32.9 Å². The molecule has 0 fully saturated rings. The van der Waals surface area contributed by atoms with E-state index in [0.717, 1.165) is 4.57 Å². The highest BCUT2D eigenvalue weighted by molar-refractivity contribution is 5.70. The van der Waals surface area contributed by atoms with Crippen LogP contribution in [0.1, 0.15) is 46.1 Å². The first-order valence-corrected chi connectivity index (χ1v) is 6.49. The minimum absolute atomic E-state index is 0.213. The van der Waals surface area contributed by atoms with Crippen LogP contribution in [0.3, 0.4) is 0 Å². The van der Waals surface area contributed by atoms with Gasteiger partial charge < -0.3 is 9.15 Å². The third-order valence-electron chi connectivity index (χ3n) is 2.05. The average molecular weight is 281 g/mol. The largest absolute Gasteiger partial charge is 0.459 e. The minimum Gasteiger partial charge on any atom is -0.459 e. The summed E-state index contributed by atoms with van der Waals surface area (Å²) in [6.45, 7) is 16.2. The van der Waals surface area contributed by atoms with E-state index in [4.69, 9.17) is 9.15 Å². The van der Waals surface area contributed by atoms with Crippen LogP contribution in [0.15, 0.2) is 22.4 Å². The van der Waals surface area contributed by atoms with Gasteiger partial charge in [0.25, 0.3) is 0 Å². The maximum absolute atomic E-state index is 11.7. The lowest BCUT2D eigenvalue weighted by Gasteiger charge is -2.19. The molecule has 1 aromatic heterocycles. The topological polar surface area (TPSA) is 61.4 Å². The van der Waals surface area contributed by atoms with Crippen LogP contribution in [0.5, 0.6) is 0 Å². The van der Waals surface area contributed by atoms with Crippen LogP contribution in [-0.4, -0.2) is 16.1 Å². The van der Waals surface area contributed by atoms with Crippen molar-refractivity contribution in [2.45, 2.75) is 46.8 Å². The zero-order valence-corrected chi connectivity index (χ0v) is 12.9. The van der Waals surface area contributed by atoms with Gasteiger partial charge in [-0.15, -0.1) is 0 Å². The Morgan fingerprint density at radius 2 is 1.85 bits per heavy atom. The van der Waals surface area contributed by atoms with Crippen molar-refractivity contribution in [1.29, 1.82) is 0 Å². The number of carbonyl (C=O) groups excluding carboxylic acids is 1. The zero-order chi connectivity index (χ0) is 15.9. The quantitative estimate of drug-likeness (QED) is 0.796. The molecule has 0 saturated carbocycles. The van der Waals surface area contributed by atoms with Gasteiger partial charge in [0, 0.05) is 0 Å². The van der Waals surface area contributed by atoms with E-state index < -0.39 is 17.3 Å². The van der Waals surface area contributed by atoms with Gasteiger partial charge >= 0.3 is 11.7 Å². The Kier molecular flexibility index (Phi) is 6.76. The lowest BCUT2D eigenvalue weighted by atomic mass is 10.2. The molecule has 5 heteroatoms. The van der Waals surface area contributed by atoms with Gasteiger partial charge in [-0.3, -0.25) is 9.36 Å². The molecular formula is C15H23NO4. The number of nitrogens with zero attached hydrogens (tertiary/aromatic N) is 1. The number of ether oxygens (including phenoxy) is 1. The van der Waals surface area contributed by atoms with Crippen LogP contribution in [0, 0.1) is 0 Å². The van der Waals surface area contributed by atoms with E-state index in [1.807, 2.05) is 13.8 Å². The van der Waals surface area contributed by atoms with Gasteiger partial charge in [-0.1, -0.05) is 27.0 Å². The highest BCUT2D eigenvalue weighted by Crippen LogP contribution is 2.12. The second kappa shape index (κ2) is 7.53. The fourth-order valence-electron chi connectivity index (χ4n) is 1.44. The Bertz CT molecular complexity index is 529. The molecule has 0 bridgehead atoms. The van der Waals surface area contributed by atoms with Gasteiger partial charge in [-0.25, -0.2) is 4.79 Å². The van der Waals surface area contributed by atoms with Gasteiger partial charge in [0.15, 0.2) is 5.76 Å².